The van der Waals surface area contributed by atoms with Crippen molar-refractivity contribution < 1.29 is 4.79 Å². The van der Waals surface area contributed by atoms with Crippen LogP contribution >= 0.6 is 11.3 Å². The van der Waals surface area contributed by atoms with Crippen molar-refractivity contribution in [1.29, 1.82) is 0 Å². The van der Waals surface area contributed by atoms with E-state index in [0.29, 0.717) is 9.97 Å². The first kappa shape index (κ1) is 18.3. The molecule has 138 valence electrons. The van der Waals surface area contributed by atoms with Gasteiger partial charge < -0.3 is 10.2 Å². The highest BCUT2D eigenvalue weighted by molar-refractivity contribution is 7.18. The van der Waals surface area contributed by atoms with Crippen LogP contribution in [0.25, 0.3) is 4.96 Å². The predicted molar refractivity (Wildman–Crippen MR) is 105 cm³/mol. The number of benzene rings is 1. The molecule has 0 radical (unpaired) electrons. The van der Waals surface area contributed by atoms with Crippen LogP contribution in [-0.2, 0) is 0 Å². The Morgan fingerprint density at radius 3 is 2.62 bits per heavy atom. The van der Waals surface area contributed by atoms with Gasteiger partial charge in [0.1, 0.15) is 0 Å². The van der Waals surface area contributed by atoms with Crippen molar-refractivity contribution in [3.05, 3.63) is 34.6 Å². The van der Waals surface area contributed by atoms with Crippen LogP contribution in [0.15, 0.2) is 18.2 Å². The van der Waals surface area contributed by atoms with Gasteiger partial charge in [-0.2, -0.15) is 4.52 Å². The van der Waals surface area contributed by atoms with Gasteiger partial charge >= 0.3 is 0 Å². The number of aryl methyl sites for hydroxylation is 1. The van der Waals surface area contributed by atoms with Crippen molar-refractivity contribution in [3.63, 3.8) is 0 Å². The summed E-state index contributed by atoms with van der Waals surface area (Å²) in [5.74, 6) is 0.724. The number of fused-ring (bicyclic) bond motifs is 1. The summed E-state index contributed by atoms with van der Waals surface area (Å²) in [6, 6.07) is 6.07. The molecular formula is C18H24N6OS. The minimum atomic E-state index is -0.228. The number of rotatable bonds is 6. The van der Waals surface area contributed by atoms with Gasteiger partial charge in [0.15, 0.2) is 5.82 Å². The maximum Gasteiger partial charge on any atom is 0.286 e. The number of nitrogens with one attached hydrogen (secondary N) is 1. The number of anilines is 2. The van der Waals surface area contributed by atoms with Gasteiger partial charge in [-0.25, -0.2) is 0 Å². The van der Waals surface area contributed by atoms with Crippen LogP contribution in [0.3, 0.4) is 0 Å². The molecular weight excluding hydrogens is 348 g/mol. The van der Waals surface area contributed by atoms with E-state index in [9.17, 15) is 4.79 Å². The fourth-order valence-electron chi connectivity index (χ4n) is 2.83. The molecule has 0 spiro atoms. The Kier molecular flexibility index (Phi) is 5.22. The van der Waals surface area contributed by atoms with E-state index in [4.69, 9.17) is 0 Å². The average molecular weight is 372 g/mol. The highest BCUT2D eigenvalue weighted by Gasteiger charge is 2.19. The van der Waals surface area contributed by atoms with Crippen LogP contribution in [0.4, 0.5) is 11.4 Å². The van der Waals surface area contributed by atoms with Crippen LogP contribution < -0.4 is 10.2 Å². The number of hydrogen-bond donors (Lipinski definition) is 1. The number of amides is 1. The molecule has 0 aliphatic heterocycles. The lowest BCUT2D eigenvalue weighted by Gasteiger charge is -2.22. The topological polar surface area (TPSA) is 75.4 Å². The summed E-state index contributed by atoms with van der Waals surface area (Å²) < 4.78 is 1.65. The van der Waals surface area contributed by atoms with E-state index >= 15 is 0 Å². The average Bonchev–Trinajstić information content (AvgIpc) is 3.18. The minimum absolute atomic E-state index is 0.192. The molecule has 0 unspecified atom stereocenters. The van der Waals surface area contributed by atoms with Crippen molar-refractivity contribution >= 4 is 33.6 Å². The Morgan fingerprint density at radius 1 is 1.27 bits per heavy atom. The highest BCUT2D eigenvalue weighted by atomic mass is 32.1. The molecule has 0 atom stereocenters. The predicted octanol–water partition coefficient (Wildman–Crippen LogP) is 3.72. The summed E-state index contributed by atoms with van der Waals surface area (Å²) >= 11 is 1.24. The molecule has 8 heteroatoms. The SMILES string of the molecule is CCN(CC)c1ccc(NC(=O)c2nn3c(C(C)C)nnc3s2)c(C)c1. The standard InChI is InChI=1S/C18H24N6OS/c1-6-23(7-2)13-8-9-14(12(5)10-13)19-16(25)17-22-24-15(11(3)4)20-21-18(24)26-17/h8-11H,6-7H2,1-5H3,(H,19,25). The maximum absolute atomic E-state index is 12.6. The van der Waals surface area contributed by atoms with Crippen molar-refractivity contribution in [3.8, 4) is 0 Å². The summed E-state index contributed by atoms with van der Waals surface area (Å²) in [4.78, 5) is 15.5. The van der Waals surface area contributed by atoms with Gasteiger partial charge in [0.05, 0.1) is 0 Å². The van der Waals surface area contributed by atoms with E-state index in [-0.39, 0.29) is 11.8 Å². The molecule has 3 rings (SSSR count). The smallest absolute Gasteiger partial charge is 0.286 e. The lowest BCUT2D eigenvalue weighted by molar-refractivity contribution is 0.102. The number of nitrogens with zero attached hydrogens (tertiary/aromatic N) is 5. The van der Waals surface area contributed by atoms with E-state index in [1.807, 2.05) is 32.9 Å². The number of carbonyl (C=O) groups excluding carboxylic acids is 1. The molecule has 1 aromatic carbocycles. The summed E-state index contributed by atoms with van der Waals surface area (Å²) in [5, 5.41) is 15.9. The lowest BCUT2D eigenvalue weighted by Crippen LogP contribution is -2.22. The Morgan fingerprint density at radius 2 is 2.00 bits per heavy atom. The van der Waals surface area contributed by atoms with Gasteiger partial charge in [-0.15, -0.1) is 15.3 Å². The van der Waals surface area contributed by atoms with E-state index in [0.717, 1.165) is 35.9 Å². The molecule has 3 aromatic rings. The van der Waals surface area contributed by atoms with Crippen LogP contribution in [0.1, 0.15) is 54.8 Å². The molecule has 0 saturated carbocycles. The molecule has 0 fully saturated rings. The molecule has 0 aliphatic rings. The first-order valence-corrected chi connectivity index (χ1v) is 9.65. The third-order valence-electron chi connectivity index (χ3n) is 4.31. The molecule has 2 aromatic heterocycles. The normalized spacial score (nSPS) is 11.3. The first-order chi connectivity index (χ1) is 12.4. The molecule has 1 amide bonds. The van der Waals surface area contributed by atoms with Gasteiger partial charge in [-0.1, -0.05) is 25.2 Å². The Balaban J connectivity index is 1.81. The van der Waals surface area contributed by atoms with Crippen molar-refractivity contribution in [1.82, 2.24) is 19.8 Å². The second-order valence-electron chi connectivity index (χ2n) is 6.44. The van der Waals surface area contributed by atoms with Gasteiger partial charge in [-0.3, -0.25) is 4.79 Å². The van der Waals surface area contributed by atoms with Gasteiger partial charge in [0, 0.05) is 30.4 Å². The zero-order valence-electron chi connectivity index (χ0n) is 15.8. The molecule has 0 bridgehead atoms. The van der Waals surface area contributed by atoms with Crippen LogP contribution in [0.2, 0.25) is 0 Å². The fourth-order valence-corrected chi connectivity index (χ4v) is 3.57. The number of aromatic nitrogens is 4. The first-order valence-electron chi connectivity index (χ1n) is 8.83. The van der Waals surface area contributed by atoms with Crippen LogP contribution in [0.5, 0.6) is 0 Å². The minimum Gasteiger partial charge on any atom is -0.372 e. The third kappa shape index (κ3) is 3.41. The molecule has 7 nitrogen and oxygen atoms in total. The largest absolute Gasteiger partial charge is 0.372 e. The summed E-state index contributed by atoms with van der Waals surface area (Å²) in [6.07, 6.45) is 0. The van der Waals surface area contributed by atoms with Crippen molar-refractivity contribution in [2.75, 3.05) is 23.3 Å². The van der Waals surface area contributed by atoms with Gasteiger partial charge in [-0.05, 0) is 44.5 Å². The molecule has 1 N–H and O–H groups in total. The third-order valence-corrected chi connectivity index (χ3v) is 5.21. The van der Waals surface area contributed by atoms with Gasteiger partial charge in [0.2, 0.25) is 9.97 Å². The summed E-state index contributed by atoms with van der Waals surface area (Å²) in [7, 11) is 0. The van der Waals surface area contributed by atoms with E-state index in [2.05, 4.69) is 45.4 Å². The number of carbonyl (C=O) groups is 1. The van der Waals surface area contributed by atoms with Gasteiger partial charge in [0.25, 0.3) is 5.91 Å². The van der Waals surface area contributed by atoms with Crippen LogP contribution in [-0.4, -0.2) is 38.8 Å². The monoisotopic (exact) mass is 372 g/mol. The summed E-state index contributed by atoms with van der Waals surface area (Å²) in [6.45, 7) is 12.2. The molecule has 26 heavy (non-hydrogen) atoms. The zero-order valence-corrected chi connectivity index (χ0v) is 16.6. The van der Waals surface area contributed by atoms with E-state index in [1.54, 1.807) is 4.52 Å². The molecule has 0 saturated heterocycles. The van der Waals surface area contributed by atoms with E-state index in [1.165, 1.54) is 11.3 Å². The van der Waals surface area contributed by atoms with Crippen LogP contribution in [0, 0.1) is 6.92 Å². The second-order valence-corrected chi connectivity index (χ2v) is 7.40. The summed E-state index contributed by atoms with van der Waals surface area (Å²) in [5.41, 5.74) is 2.97. The lowest BCUT2D eigenvalue weighted by atomic mass is 10.1. The van der Waals surface area contributed by atoms with Crippen molar-refractivity contribution in [2.45, 2.75) is 40.5 Å². The Hall–Kier alpha value is -2.48. The van der Waals surface area contributed by atoms with E-state index < -0.39 is 0 Å². The highest BCUT2D eigenvalue weighted by Crippen LogP contribution is 2.24. The Labute approximate surface area is 157 Å². The fraction of sp³-hybridized carbons (Fsp3) is 0.444. The molecule has 2 heterocycles. The Bertz CT molecular complexity index is 925. The number of hydrogen-bond acceptors (Lipinski definition) is 6. The van der Waals surface area contributed by atoms with Crippen molar-refractivity contribution in [2.24, 2.45) is 0 Å². The zero-order chi connectivity index (χ0) is 18.8. The maximum atomic E-state index is 12.6. The second kappa shape index (κ2) is 7.41. The quantitative estimate of drug-likeness (QED) is 0.714. The molecule has 0 aliphatic carbocycles.